The van der Waals surface area contributed by atoms with Crippen molar-refractivity contribution in [3.63, 3.8) is 0 Å². The molecule has 0 saturated carbocycles. The van der Waals surface area contributed by atoms with E-state index in [-0.39, 0.29) is 30.1 Å². The Morgan fingerprint density at radius 2 is 2.09 bits per heavy atom. The van der Waals surface area contributed by atoms with Gasteiger partial charge < -0.3 is 4.90 Å². The number of rotatable bonds is 5. The van der Waals surface area contributed by atoms with Crippen molar-refractivity contribution in [2.24, 2.45) is 7.05 Å². The predicted molar refractivity (Wildman–Crippen MR) is 133 cm³/mol. The Hall–Kier alpha value is -3.36. The van der Waals surface area contributed by atoms with Crippen molar-refractivity contribution in [3.8, 4) is 6.07 Å². The zero-order valence-corrected chi connectivity index (χ0v) is 21.0. The molecule has 4 aromatic rings. The molecule has 1 aliphatic heterocycles. The van der Waals surface area contributed by atoms with Crippen LogP contribution in [0.3, 0.4) is 0 Å². The predicted octanol–water partition coefficient (Wildman–Crippen LogP) is 3.29. The van der Waals surface area contributed by atoms with E-state index < -0.39 is 5.26 Å². The van der Waals surface area contributed by atoms with E-state index in [1.165, 1.54) is 4.68 Å². The minimum atomic E-state index is -0.469. The van der Waals surface area contributed by atoms with Gasteiger partial charge in [0.05, 0.1) is 35.8 Å². The summed E-state index contributed by atoms with van der Waals surface area (Å²) >= 11 is 0.967. The molecule has 35 heavy (non-hydrogen) atoms. The number of aryl methyl sites for hydroxylation is 1. The number of anilines is 1. The number of imidazole rings is 1. The summed E-state index contributed by atoms with van der Waals surface area (Å²) in [4.78, 5) is 31.3. The molecule has 0 aliphatic carbocycles. The van der Waals surface area contributed by atoms with Gasteiger partial charge in [-0.3, -0.25) is 9.69 Å². The van der Waals surface area contributed by atoms with E-state index >= 15 is 0 Å². The van der Waals surface area contributed by atoms with Crippen molar-refractivity contribution >= 4 is 33.0 Å². The fraction of sp³-hybridized carbons (Fsp3) is 0.458. The van der Waals surface area contributed by atoms with E-state index in [4.69, 9.17) is 10.2 Å². The average Bonchev–Trinajstić information content (AvgIpc) is 3.43. The van der Waals surface area contributed by atoms with Gasteiger partial charge >= 0.3 is 0 Å². The zero-order chi connectivity index (χ0) is 24.9. The molecule has 5 heterocycles. The van der Waals surface area contributed by atoms with Crippen LogP contribution in [0.2, 0.25) is 0 Å². The first-order chi connectivity index (χ1) is 16.8. The van der Waals surface area contributed by atoms with E-state index in [9.17, 15) is 9.18 Å². The minimum absolute atomic E-state index is 0.0384. The molecule has 4 aromatic heterocycles. The van der Waals surface area contributed by atoms with Gasteiger partial charge in [-0.25, -0.2) is 24.1 Å². The summed E-state index contributed by atoms with van der Waals surface area (Å²) in [5, 5.41) is 8.65. The number of halogens is 1. The lowest BCUT2D eigenvalue weighted by Crippen LogP contribution is -2.58. The molecule has 9 nitrogen and oxygen atoms in total. The van der Waals surface area contributed by atoms with Gasteiger partial charge in [-0.1, -0.05) is 18.3 Å². The van der Waals surface area contributed by atoms with Gasteiger partial charge in [0.25, 0.3) is 10.8 Å². The lowest BCUT2D eigenvalue weighted by molar-refractivity contribution is 0.104. The number of nitrogens with zero attached hydrogens (tertiary/aromatic N) is 8. The lowest BCUT2D eigenvalue weighted by atomic mass is 10.0. The summed E-state index contributed by atoms with van der Waals surface area (Å²) in [6.45, 7) is 7.93. The van der Waals surface area contributed by atoms with Crippen LogP contribution in [0.4, 0.5) is 10.1 Å². The molecule has 0 N–H and O–H groups in total. The maximum absolute atomic E-state index is 13.6. The number of hydrogen-bond donors (Lipinski definition) is 0. The third-order valence-electron chi connectivity index (χ3n) is 6.97. The molecule has 0 bridgehead atoms. The van der Waals surface area contributed by atoms with Crippen molar-refractivity contribution in [1.82, 2.24) is 29.0 Å². The number of hydrogen-bond acceptors (Lipinski definition) is 8. The van der Waals surface area contributed by atoms with Crippen molar-refractivity contribution in [2.45, 2.75) is 51.7 Å². The van der Waals surface area contributed by atoms with E-state index in [1.807, 2.05) is 12.1 Å². The van der Waals surface area contributed by atoms with E-state index in [0.717, 1.165) is 42.2 Å². The number of fused-ring (bicyclic) bond motifs is 2. The van der Waals surface area contributed by atoms with Crippen LogP contribution in [0.5, 0.6) is 0 Å². The number of pyridine rings is 1. The first kappa shape index (κ1) is 23.4. The van der Waals surface area contributed by atoms with Gasteiger partial charge in [0.2, 0.25) is 0 Å². The molecular formula is C24H27FN8OS. The second-order valence-corrected chi connectivity index (χ2v) is 10.0. The molecule has 1 unspecified atom stereocenters. The van der Waals surface area contributed by atoms with Crippen LogP contribution >= 0.6 is 11.3 Å². The highest BCUT2D eigenvalue weighted by atomic mass is 32.1. The summed E-state index contributed by atoms with van der Waals surface area (Å²) in [5.41, 5.74) is 3.46. The van der Waals surface area contributed by atoms with E-state index in [2.05, 4.69) is 46.6 Å². The molecule has 1 fully saturated rings. The maximum Gasteiger partial charge on any atom is 0.271 e. The van der Waals surface area contributed by atoms with Gasteiger partial charge in [-0.2, -0.15) is 9.65 Å². The smallest absolute Gasteiger partial charge is 0.271 e. The SMILES string of the molecule is CC[C@@H]1CN(c2cc(=O)n(C)n3cc(CC#N)nc23)[C@@H](C)CN1C(C)c1ccc2nc(F)sc2n1. The van der Waals surface area contributed by atoms with Crippen molar-refractivity contribution in [2.75, 3.05) is 18.0 Å². The first-order valence-electron chi connectivity index (χ1n) is 11.7. The second kappa shape index (κ2) is 9.02. The second-order valence-electron chi connectivity index (χ2n) is 9.09. The molecule has 0 amide bonds. The van der Waals surface area contributed by atoms with Gasteiger partial charge in [-0.05, 0) is 32.4 Å². The lowest BCUT2D eigenvalue weighted by Gasteiger charge is -2.48. The first-order valence-corrected chi connectivity index (χ1v) is 12.5. The van der Waals surface area contributed by atoms with Crippen LogP contribution in [0.1, 0.15) is 44.6 Å². The van der Waals surface area contributed by atoms with Crippen molar-refractivity contribution in [1.29, 1.82) is 5.26 Å². The molecule has 182 valence electrons. The van der Waals surface area contributed by atoms with Gasteiger partial charge in [0.15, 0.2) is 5.65 Å². The summed E-state index contributed by atoms with van der Waals surface area (Å²) in [5.74, 6) is 0. The highest BCUT2D eigenvalue weighted by Crippen LogP contribution is 2.32. The molecule has 1 aliphatic rings. The quantitative estimate of drug-likeness (QED) is 0.420. The fourth-order valence-corrected chi connectivity index (χ4v) is 5.70. The number of piperazine rings is 1. The van der Waals surface area contributed by atoms with Gasteiger partial charge in [0.1, 0.15) is 10.3 Å². The van der Waals surface area contributed by atoms with Crippen molar-refractivity contribution in [3.05, 3.63) is 51.4 Å². The summed E-state index contributed by atoms with van der Waals surface area (Å²) in [6.07, 6.45) is 2.86. The minimum Gasteiger partial charge on any atom is -0.363 e. The number of thiazole rings is 1. The van der Waals surface area contributed by atoms with Gasteiger partial charge in [-0.15, -0.1) is 0 Å². The van der Waals surface area contributed by atoms with Gasteiger partial charge in [0, 0.05) is 44.3 Å². The third kappa shape index (κ3) is 4.06. The molecule has 1 saturated heterocycles. The molecule has 5 rings (SSSR count). The Morgan fingerprint density at radius 3 is 2.83 bits per heavy atom. The Kier molecular flexibility index (Phi) is 6.02. The van der Waals surface area contributed by atoms with Crippen LogP contribution in [-0.4, -0.2) is 54.2 Å². The molecule has 0 aromatic carbocycles. The molecular weight excluding hydrogens is 467 g/mol. The fourth-order valence-electron chi connectivity index (χ4n) is 5.03. The van der Waals surface area contributed by atoms with Crippen LogP contribution in [-0.2, 0) is 13.5 Å². The topological polar surface area (TPSA) is 95.3 Å². The summed E-state index contributed by atoms with van der Waals surface area (Å²) < 4.78 is 16.8. The van der Waals surface area contributed by atoms with Crippen LogP contribution in [0.15, 0.2) is 29.2 Å². The molecule has 3 atom stereocenters. The molecule has 11 heteroatoms. The average molecular weight is 495 g/mol. The van der Waals surface area contributed by atoms with Crippen LogP contribution < -0.4 is 10.5 Å². The molecule has 0 spiro atoms. The Morgan fingerprint density at radius 1 is 1.29 bits per heavy atom. The third-order valence-corrected chi connectivity index (χ3v) is 7.72. The summed E-state index contributed by atoms with van der Waals surface area (Å²) in [6, 6.07) is 7.91. The molecule has 0 radical (unpaired) electrons. The normalized spacial score (nSPS) is 19.9. The highest BCUT2D eigenvalue weighted by Gasteiger charge is 2.35. The van der Waals surface area contributed by atoms with Crippen LogP contribution in [0, 0.1) is 16.6 Å². The standard InChI is InChI=1S/C24H27FN8OS/c1-5-17-13-31(20-10-21(34)30(4)33-12-16(8-9-26)27-22(20)33)14(2)11-32(17)15(3)18-6-7-19-23(28-18)35-24(25)29-19/h6-7,10,12,14-15,17H,5,8,11,13H2,1-4H3/t14-,15?,17+/m0/s1. The van der Waals surface area contributed by atoms with E-state index in [1.54, 1.807) is 23.8 Å². The van der Waals surface area contributed by atoms with Crippen molar-refractivity contribution < 1.29 is 4.39 Å². The van der Waals surface area contributed by atoms with Crippen LogP contribution in [0.25, 0.3) is 16.0 Å². The number of nitriles is 1. The zero-order valence-electron chi connectivity index (χ0n) is 20.1. The summed E-state index contributed by atoms with van der Waals surface area (Å²) in [7, 11) is 1.70. The highest BCUT2D eigenvalue weighted by molar-refractivity contribution is 7.16. The Bertz CT molecular complexity index is 1500. The van der Waals surface area contributed by atoms with E-state index in [0.29, 0.717) is 21.7 Å². The largest absolute Gasteiger partial charge is 0.363 e. The Labute approximate surface area is 206 Å². The Balaban J connectivity index is 1.48. The monoisotopic (exact) mass is 494 g/mol. The maximum atomic E-state index is 13.6. The number of aromatic nitrogens is 5.